The molecule has 0 saturated heterocycles. The van der Waals surface area contributed by atoms with Crippen LogP contribution in [0.3, 0.4) is 0 Å². The van der Waals surface area contributed by atoms with Gasteiger partial charge < -0.3 is 14.9 Å². The second kappa shape index (κ2) is 14.7. The average molecular weight is 609 g/mol. The number of aryl methyl sites for hydroxylation is 3. The Balaban J connectivity index is 2.17. The van der Waals surface area contributed by atoms with E-state index in [0.29, 0.717) is 21.6 Å². The molecule has 0 heterocycles. The number of aliphatic hydroxyl groups is 2. The Morgan fingerprint density at radius 3 is 1.70 bits per heavy atom. The highest BCUT2D eigenvalue weighted by Crippen LogP contribution is 2.38. The van der Waals surface area contributed by atoms with Crippen LogP contribution in [0, 0.1) is 44.4 Å². The molecule has 0 fully saturated rings. The fraction of sp³-hybridized carbons (Fsp3) is 0.472. The number of carbonyl (C=O) groups is 1. The van der Waals surface area contributed by atoms with Crippen LogP contribution in [0.2, 0.25) is 0 Å². The molecule has 0 saturated carbocycles. The van der Waals surface area contributed by atoms with Gasteiger partial charge in [0.2, 0.25) is 0 Å². The fourth-order valence-corrected chi connectivity index (χ4v) is 8.46. The molecule has 3 rings (SSSR count). The first-order valence-electron chi connectivity index (χ1n) is 15.1. The van der Waals surface area contributed by atoms with E-state index >= 15 is 0 Å². The zero-order valence-corrected chi connectivity index (χ0v) is 27.5. The van der Waals surface area contributed by atoms with Gasteiger partial charge in [0.25, 0.3) is 0 Å². The minimum Gasteiger partial charge on any atom is -0.457 e. The number of carbonyl (C=O) groups excluding carboxylic acids is 1. The molecule has 0 spiro atoms. The van der Waals surface area contributed by atoms with Gasteiger partial charge in [0.05, 0.1) is 22.4 Å². The van der Waals surface area contributed by atoms with Crippen molar-refractivity contribution in [3.05, 3.63) is 101 Å². The first-order valence-corrected chi connectivity index (χ1v) is 16.7. The molecule has 43 heavy (non-hydrogen) atoms. The first kappa shape index (κ1) is 34.5. The number of aliphatic hydroxyl groups excluding tert-OH is 2. The molecule has 0 aromatic heterocycles. The van der Waals surface area contributed by atoms with Crippen LogP contribution in [-0.2, 0) is 25.8 Å². The molecule has 6 nitrogen and oxygen atoms in total. The molecule has 7 heteroatoms. The van der Waals surface area contributed by atoms with Gasteiger partial charge in [0.1, 0.15) is 12.0 Å². The van der Waals surface area contributed by atoms with Gasteiger partial charge in [0, 0.05) is 5.92 Å². The van der Waals surface area contributed by atoms with E-state index in [1.54, 1.807) is 27.7 Å². The predicted octanol–water partition coefficient (Wildman–Crippen LogP) is 6.57. The van der Waals surface area contributed by atoms with Crippen LogP contribution in [0.15, 0.2) is 77.7 Å². The second-order valence-electron chi connectivity index (χ2n) is 12.6. The van der Waals surface area contributed by atoms with Gasteiger partial charge in [-0.05, 0) is 61.3 Å². The third kappa shape index (κ3) is 8.14. The minimum absolute atomic E-state index is 0.213. The number of sulfone groups is 1. The summed E-state index contributed by atoms with van der Waals surface area (Å²) in [6, 6.07) is 22.3. The van der Waals surface area contributed by atoms with Crippen LogP contribution < -0.4 is 0 Å². The third-order valence-electron chi connectivity index (χ3n) is 8.38. The smallest absolute Gasteiger partial charge is 0.314 e. The lowest BCUT2D eigenvalue weighted by molar-refractivity contribution is -0.170. The maximum Gasteiger partial charge on any atom is 0.314 e. The molecule has 0 aliphatic rings. The lowest BCUT2D eigenvalue weighted by Crippen LogP contribution is -2.45. The molecular weight excluding hydrogens is 560 g/mol. The van der Waals surface area contributed by atoms with Crippen LogP contribution in [-0.4, -0.2) is 42.1 Å². The summed E-state index contributed by atoms with van der Waals surface area (Å²) in [4.78, 5) is 14.2. The second-order valence-corrected chi connectivity index (χ2v) is 14.7. The van der Waals surface area contributed by atoms with Crippen LogP contribution >= 0.6 is 0 Å². The summed E-state index contributed by atoms with van der Waals surface area (Å²) < 4.78 is 35.5. The highest BCUT2D eigenvalue weighted by molar-refractivity contribution is 7.92. The van der Waals surface area contributed by atoms with Crippen molar-refractivity contribution < 1.29 is 28.2 Å². The number of esters is 1. The van der Waals surface area contributed by atoms with Crippen molar-refractivity contribution in [2.24, 2.45) is 23.7 Å². The summed E-state index contributed by atoms with van der Waals surface area (Å²) in [5.74, 6) is -3.25. The van der Waals surface area contributed by atoms with E-state index < -0.39 is 51.2 Å². The zero-order chi connectivity index (χ0) is 32.1. The Hall–Kier alpha value is -3.00. The van der Waals surface area contributed by atoms with Gasteiger partial charge >= 0.3 is 5.97 Å². The molecule has 0 bridgehead atoms. The molecule has 0 amide bonds. The average Bonchev–Trinajstić information content (AvgIpc) is 2.94. The SMILES string of the molecule is Cc1cc(C)c(S(=O)(=O)C(Cc2ccccc2)[C@@H](C)[C@H](OC(=O)C([C@H](O)C(C)C)[C@@H](O)C(C)C)c2ccccc2)c(C)c1. The van der Waals surface area contributed by atoms with Crippen molar-refractivity contribution in [1.29, 1.82) is 0 Å². The summed E-state index contributed by atoms with van der Waals surface area (Å²) in [6.07, 6.45) is -3.02. The van der Waals surface area contributed by atoms with Crippen molar-refractivity contribution in [1.82, 2.24) is 0 Å². The summed E-state index contributed by atoms with van der Waals surface area (Å²) in [6.45, 7) is 14.5. The number of ether oxygens (including phenoxy) is 1. The number of benzene rings is 3. The topological polar surface area (TPSA) is 101 Å². The van der Waals surface area contributed by atoms with Crippen LogP contribution in [0.4, 0.5) is 0 Å². The molecule has 0 radical (unpaired) electrons. The van der Waals surface area contributed by atoms with Crippen molar-refractivity contribution in [3.63, 3.8) is 0 Å². The van der Waals surface area contributed by atoms with E-state index in [1.807, 2.05) is 100 Å². The van der Waals surface area contributed by atoms with Gasteiger partial charge in [-0.15, -0.1) is 0 Å². The van der Waals surface area contributed by atoms with Crippen molar-refractivity contribution in [3.8, 4) is 0 Å². The Morgan fingerprint density at radius 2 is 1.23 bits per heavy atom. The van der Waals surface area contributed by atoms with E-state index in [1.165, 1.54) is 0 Å². The lowest BCUT2D eigenvalue weighted by atomic mass is 9.84. The molecule has 3 aromatic rings. The zero-order valence-electron chi connectivity index (χ0n) is 26.7. The maximum absolute atomic E-state index is 14.7. The Kier molecular flexibility index (Phi) is 11.8. The summed E-state index contributed by atoms with van der Waals surface area (Å²) >= 11 is 0. The lowest BCUT2D eigenvalue weighted by Gasteiger charge is -2.35. The standard InChI is InChI=1S/C36H48O6S/c1-22(2)32(37)31(33(38)23(3)4)36(39)42-34(29-17-13-10-14-18-29)27(8)30(21-28-15-11-9-12-16-28)43(40,41)35-25(6)19-24(5)20-26(35)7/h9-20,22-23,27,30-34,37-38H,21H2,1-8H3/t27-,30?,31?,32-,33+,34+/m1/s1. The molecule has 0 aliphatic carbocycles. The van der Waals surface area contributed by atoms with Crippen molar-refractivity contribution in [2.45, 2.75) is 90.3 Å². The molecular formula is C36H48O6S. The molecule has 2 N–H and O–H groups in total. The molecule has 3 aromatic carbocycles. The van der Waals surface area contributed by atoms with Gasteiger partial charge in [-0.1, -0.05) is 113 Å². The summed E-state index contributed by atoms with van der Waals surface area (Å²) in [5, 5.41) is 21.1. The van der Waals surface area contributed by atoms with E-state index in [4.69, 9.17) is 4.74 Å². The highest BCUT2D eigenvalue weighted by atomic mass is 32.2. The Labute approximate surface area is 258 Å². The van der Waals surface area contributed by atoms with Gasteiger partial charge in [-0.2, -0.15) is 0 Å². The van der Waals surface area contributed by atoms with Gasteiger partial charge in [-0.25, -0.2) is 8.42 Å². The largest absolute Gasteiger partial charge is 0.457 e. The van der Waals surface area contributed by atoms with E-state index in [-0.39, 0.29) is 18.3 Å². The van der Waals surface area contributed by atoms with E-state index in [0.717, 1.165) is 11.1 Å². The van der Waals surface area contributed by atoms with Gasteiger partial charge in [0.15, 0.2) is 9.84 Å². The van der Waals surface area contributed by atoms with Crippen LogP contribution in [0.5, 0.6) is 0 Å². The van der Waals surface area contributed by atoms with E-state index in [9.17, 15) is 23.4 Å². The first-order chi connectivity index (χ1) is 20.2. The van der Waals surface area contributed by atoms with Crippen LogP contribution in [0.1, 0.15) is 68.5 Å². The van der Waals surface area contributed by atoms with E-state index in [2.05, 4.69) is 0 Å². The van der Waals surface area contributed by atoms with Crippen LogP contribution in [0.25, 0.3) is 0 Å². The number of hydrogen-bond acceptors (Lipinski definition) is 6. The molecule has 6 atom stereocenters. The normalized spacial score (nSPS) is 16.4. The quantitative estimate of drug-likeness (QED) is 0.213. The molecule has 234 valence electrons. The number of hydrogen-bond donors (Lipinski definition) is 2. The van der Waals surface area contributed by atoms with Gasteiger partial charge in [-0.3, -0.25) is 4.79 Å². The van der Waals surface area contributed by atoms with Crippen molar-refractivity contribution in [2.75, 3.05) is 0 Å². The monoisotopic (exact) mass is 608 g/mol. The predicted molar refractivity (Wildman–Crippen MR) is 171 cm³/mol. The number of rotatable bonds is 13. The summed E-state index contributed by atoms with van der Waals surface area (Å²) in [5.41, 5.74) is 3.83. The maximum atomic E-state index is 14.7. The Morgan fingerprint density at radius 1 is 0.767 bits per heavy atom. The minimum atomic E-state index is -3.94. The molecule has 2 unspecified atom stereocenters. The fourth-order valence-electron chi connectivity index (χ4n) is 6.02. The van der Waals surface area contributed by atoms with Crippen molar-refractivity contribution >= 4 is 15.8 Å². The highest BCUT2D eigenvalue weighted by Gasteiger charge is 2.43. The summed E-state index contributed by atoms with van der Waals surface area (Å²) in [7, 11) is -3.94. The Bertz CT molecular complexity index is 1410. The molecule has 0 aliphatic heterocycles. The third-order valence-corrected chi connectivity index (χ3v) is 11.0.